The van der Waals surface area contributed by atoms with Crippen LogP contribution in [0.4, 0.5) is 11.6 Å². The number of carbonyl (C=O) groups is 1. The zero-order chi connectivity index (χ0) is 18.7. The Kier molecular flexibility index (Phi) is 5.40. The molecule has 0 radical (unpaired) electrons. The first-order valence-electron chi connectivity index (χ1n) is 7.71. The number of nitrogens with two attached hydrogens (primary N) is 1. The zero-order valence-corrected chi connectivity index (χ0v) is 15.9. The van der Waals surface area contributed by atoms with Gasteiger partial charge in [-0.05, 0) is 52.4 Å². The number of anilines is 2. The third-order valence-corrected chi connectivity index (χ3v) is 5.22. The van der Waals surface area contributed by atoms with E-state index in [0.717, 1.165) is 29.1 Å². The van der Waals surface area contributed by atoms with Crippen molar-refractivity contribution in [2.75, 3.05) is 16.8 Å². The lowest BCUT2D eigenvalue weighted by atomic mass is 10.0. The maximum atomic E-state index is 12.1. The van der Waals surface area contributed by atoms with Gasteiger partial charge in [0.05, 0.1) is 16.9 Å². The van der Waals surface area contributed by atoms with Crippen molar-refractivity contribution in [1.29, 1.82) is 10.5 Å². The van der Waals surface area contributed by atoms with Crippen molar-refractivity contribution in [2.24, 2.45) is 0 Å². The molecule has 1 aliphatic rings. The average Bonchev–Trinajstić information content (AvgIpc) is 3.46. The van der Waals surface area contributed by atoms with Gasteiger partial charge in [-0.3, -0.25) is 4.79 Å². The third kappa shape index (κ3) is 3.96. The Bertz CT molecular complexity index is 944. The van der Waals surface area contributed by atoms with E-state index in [1.165, 1.54) is 0 Å². The Morgan fingerprint density at radius 2 is 2.08 bits per heavy atom. The molecule has 0 bridgehead atoms. The Labute approximate surface area is 162 Å². The fraction of sp³-hybridized carbons (Fsp3) is 0.235. The Morgan fingerprint density at radius 3 is 2.65 bits per heavy atom. The van der Waals surface area contributed by atoms with Crippen LogP contribution in [0.3, 0.4) is 0 Å². The van der Waals surface area contributed by atoms with Crippen LogP contribution in [-0.4, -0.2) is 21.6 Å². The van der Waals surface area contributed by atoms with Gasteiger partial charge in [0.15, 0.2) is 0 Å². The summed E-state index contributed by atoms with van der Waals surface area (Å²) < 4.78 is 0.813. The molecular weight excluding hydrogens is 416 g/mol. The van der Waals surface area contributed by atoms with E-state index < -0.39 is 0 Å². The number of hydrogen-bond donors (Lipinski definition) is 2. The van der Waals surface area contributed by atoms with Gasteiger partial charge >= 0.3 is 0 Å². The highest BCUT2D eigenvalue weighted by atomic mass is 79.9. The molecule has 2 aromatic rings. The first-order chi connectivity index (χ1) is 12.5. The summed E-state index contributed by atoms with van der Waals surface area (Å²) in [6.07, 6.45) is 3.43. The monoisotopic (exact) mass is 428 g/mol. The van der Waals surface area contributed by atoms with Crippen LogP contribution in [0.2, 0.25) is 0 Å². The van der Waals surface area contributed by atoms with Crippen LogP contribution in [0, 0.1) is 22.7 Å². The molecule has 2 heterocycles. The van der Waals surface area contributed by atoms with Crippen molar-refractivity contribution in [2.45, 2.75) is 23.8 Å². The lowest BCUT2D eigenvalue weighted by molar-refractivity contribution is -0.113. The molecule has 9 heteroatoms. The largest absolute Gasteiger partial charge is 0.383 e. The van der Waals surface area contributed by atoms with E-state index in [4.69, 9.17) is 5.73 Å². The van der Waals surface area contributed by atoms with E-state index in [1.807, 2.05) is 6.07 Å². The standard InChI is InChI=1S/C17H13BrN6OS/c18-10-3-4-13(22-7-10)23-14(25)8-26-17-12(6-20)15(9-1-2-9)11(5-19)16(21)24-17/h3-4,7,9H,1-2,8H2,(H2,21,24)(H,22,23,25). The highest BCUT2D eigenvalue weighted by molar-refractivity contribution is 9.10. The van der Waals surface area contributed by atoms with E-state index in [9.17, 15) is 15.3 Å². The van der Waals surface area contributed by atoms with Crippen molar-refractivity contribution in [3.05, 3.63) is 39.5 Å². The normalized spacial score (nSPS) is 12.9. The fourth-order valence-corrected chi connectivity index (χ4v) is 3.51. The molecule has 26 heavy (non-hydrogen) atoms. The van der Waals surface area contributed by atoms with Crippen molar-refractivity contribution in [3.63, 3.8) is 0 Å². The summed E-state index contributed by atoms with van der Waals surface area (Å²) in [4.78, 5) is 20.4. The van der Waals surface area contributed by atoms with E-state index in [2.05, 4.69) is 37.3 Å². The van der Waals surface area contributed by atoms with E-state index in [0.29, 0.717) is 22.0 Å². The zero-order valence-electron chi connectivity index (χ0n) is 13.5. The number of thioether (sulfide) groups is 1. The van der Waals surface area contributed by atoms with Crippen molar-refractivity contribution >= 4 is 45.2 Å². The molecule has 3 rings (SSSR count). The number of nitrogen functional groups attached to an aromatic ring is 1. The lowest BCUT2D eigenvalue weighted by Gasteiger charge is -2.12. The first-order valence-corrected chi connectivity index (χ1v) is 9.49. The Balaban J connectivity index is 1.77. The van der Waals surface area contributed by atoms with Crippen LogP contribution in [0.15, 0.2) is 27.8 Å². The SMILES string of the molecule is N#Cc1c(N)nc(SCC(=O)Nc2ccc(Br)cn2)c(C#N)c1C1CC1. The number of amides is 1. The van der Waals surface area contributed by atoms with Gasteiger partial charge in [-0.25, -0.2) is 9.97 Å². The molecule has 0 spiro atoms. The molecule has 3 N–H and O–H groups in total. The second kappa shape index (κ2) is 7.73. The predicted octanol–water partition coefficient (Wildman–Crippen LogP) is 3.17. The minimum Gasteiger partial charge on any atom is -0.383 e. The summed E-state index contributed by atoms with van der Waals surface area (Å²) in [7, 11) is 0. The summed E-state index contributed by atoms with van der Waals surface area (Å²) >= 11 is 4.40. The molecule has 1 saturated carbocycles. The van der Waals surface area contributed by atoms with Crippen LogP contribution in [0.5, 0.6) is 0 Å². The first kappa shape index (κ1) is 18.2. The number of carbonyl (C=O) groups excluding carboxylic acids is 1. The lowest BCUT2D eigenvalue weighted by Crippen LogP contribution is -2.15. The number of halogens is 1. The summed E-state index contributed by atoms with van der Waals surface area (Å²) in [5.74, 6) is 0.488. The summed E-state index contributed by atoms with van der Waals surface area (Å²) in [6.45, 7) is 0. The molecule has 130 valence electrons. The molecule has 0 aliphatic heterocycles. The number of nitrogens with one attached hydrogen (secondary N) is 1. The van der Waals surface area contributed by atoms with Crippen LogP contribution >= 0.6 is 27.7 Å². The van der Waals surface area contributed by atoms with E-state index in [1.54, 1.807) is 18.3 Å². The van der Waals surface area contributed by atoms with Gasteiger partial charge in [-0.15, -0.1) is 0 Å². The summed E-state index contributed by atoms with van der Waals surface area (Å²) in [6, 6.07) is 7.63. The molecule has 0 atom stereocenters. The van der Waals surface area contributed by atoms with Crippen LogP contribution < -0.4 is 11.1 Å². The summed E-state index contributed by atoms with van der Waals surface area (Å²) in [5, 5.41) is 21.9. The molecule has 0 saturated heterocycles. The second-order valence-electron chi connectivity index (χ2n) is 5.66. The highest BCUT2D eigenvalue weighted by Gasteiger charge is 2.32. The van der Waals surface area contributed by atoms with Crippen LogP contribution in [0.1, 0.15) is 35.4 Å². The van der Waals surface area contributed by atoms with Crippen LogP contribution in [-0.2, 0) is 4.79 Å². The maximum Gasteiger partial charge on any atom is 0.235 e. The maximum absolute atomic E-state index is 12.1. The topological polar surface area (TPSA) is 128 Å². The van der Waals surface area contributed by atoms with Gasteiger partial charge in [-0.1, -0.05) is 11.8 Å². The van der Waals surface area contributed by atoms with Gasteiger partial charge < -0.3 is 11.1 Å². The Morgan fingerprint density at radius 1 is 1.35 bits per heavy atom. The van der Waals surface area contributed by atoms with Crippen molar-refractivity contribution in [3.8, 4) is 12.1 Å². The molecule has 1 amide bonds. The molecule has 1 fully saturated rings. The van der Waals surface area contributed by atoms with Gasteiger partial charge in [-0.2, -0.15) is 10.5 Å². The number of hydrogen-bond acceptors (Lipinski definition) is 7. The van der Waals surface area contributed by atoms with Gasteiger partial charge in [0.2, 0.25) is 5.91 Å². The molecular formula is C17H13BrN6OS. The minimum atomic E-state index is -0.272. The average molecular weight is 429 g/mol. The molecule has 0 aromatic carbocycles. The van der Waals surface area contributed by atoms with Gasteiger partial charge in [0.25, 0.3) is 0 Å². The number of pyridine rings is 2. The van der Waals surface area contributed by atoms with Crippen LogP contribution in [0.25, 0.3) is 0 Å². The number of nitrogens with zero attached hydrogens (tertiary/aromatic N) is 4. The second-order valence-corrected chi connectivity index (χ2v) is 7.54. The van der Waals surface area contributed by atoms with Gasteiger partial charge in [0, 0.05) is 10.7 Å². The predicted molar refractivity (Wildman–Crippen MR) is 101 cm³/mol. The molecule has 2 aromatic heterocycles. The molecule has 0 unspecified atom stereocenters. The highest BCUT2D eigenvalue weighted by Crippen LogP contribution is 2.45. The van der Waals surface area contributed by atoms with Crippen molar-refractivity contribution in [1.82, 2.24) is 9.97 Å². The molecule has 1 aliphatic carbocycles. The number of aromatic nitrogens is 2. The minimum absolute atomic E-state index is 0.0505. The fourth-order valence-electron chi connectivity index (χ4n) is 2.47. The number of rotatable bonds is 5. The van der Waals surface area contributed by atoms with E-state index in [-0.39, 0.29) is 29.0 Å². The quantitative estimate of drug-likeness (QED) is 0.699. The number of nitriles is 2. The van der Waals surface area contributed by atoms with E-state index >= 15 is 0 Å². The van der Waals surface area contributed by atoms with Crippen molar-refractivity contribution < 1.29 is 4.79 Å². The Hall–Kier alpha value is -2.62. The summed E-state index contributed by atoms with van der Waals surface area (Å²) in [5.41, 5.74) is 7.18. The smallest absolute Gasteiger partial charge is 0.235 e. The third-order valence-electron chi connectivity index (χ3n) is 3.77. The van der Waals surface area contributed by atoms with Gasteiger partial charge in [0.1, 0.15) is 28.8 Å². The molecule has 7 nitrogen and oxygen atoms in total.